The van der Waals surface area contributed by atoms with E-state index < -0.39 is 0 Å². The van der Waals surface area contributed by atoms with Crippen molar-refractivity contribution in [3.63, 3.8) is 0 Å². The first-order valence-electron chi connectivity index (χ1n) is 14.1. The summed E-state index contributed by atoms with van der Waals surface area (Å²) in [6.45, 7) is 4.23. The fourth-order valence-corrected chi connectivity index (χ4v) is 5.76. The molecule has 1 aliphatic heterocycles. The van der Waals surface area contributed by atoms with Crippen molar-refractivity contribution in [2.24, 2.45) is 0 Å². The van der Waals surface area contributed by atoms with Crippen LogP contribution in [0, 0.1) is 0 Å². The van der Waals surface area contributed by atoms with Gasteiger partial charge in [0.1, 0.15) is 17.6 Å². The van der Waals surface area contributed by atoms with Crippen LogP contribution in [0.3, 0.4) is 0 Å². The highest BCUT2D eigenvalue weighted by Gasteiger charge is 2.35. The first kappa shape index (κ1) is 27.0. The van der Waals surface area contributed by atoms with E-state index in [4.69, 9.17) is 9.47 Å². The topological polar surface area (TPSA) is 59.1 Å². The number of amides is 2. The van der Waals surface area contributed by atoms with E-state index in [9.17, 15) is 9.59 Å². The maximum atomic E-state index is 13.7. The summed E-state index contributed by atoms with van der Waals surface area (Å²) in [6, 6.07) is 15.6. The summed E-state index contributed by atoms with van der Waals surface area (Å²) < 4.78 is 12.1. The molecule has 0 radical (unpaired) electrons. The molecule has 1 fully saturated rings. The Bertz CT molecular complexity index is 1040. The minimum absolute atomic E-state index is 0.0206. The molecule has 200 valence electrons. The molecular weight excluding hydrogens is 464 g/mol. The highest BCUT2D eigenvalue weighted by molar-refractivity contribution is 5.97. The van der Waals surface area contributed by atoms with Crippen molar-refractivity contribution in [2.75, 3.05) is 26.7 Å². The predicted molar refractivity (Wildman–Crippen MR) is 146 cm³/mol. The smallest absolute Gasteiger partial charge is 0.257 e. The second-order valence-corrected chi connectivity index (χ2v) is 10.2. The van der Waals surface area contributed by atoms with Crippen LogP contribution in [-0.4, -0.2) is 60.5 Å². The second kappa shape index (κ2) is 13.5. The Hall–Kier alpha value is -3.02. The molecule has 2 amide bonds. The van der Waals surface area contributed by atoms with Crippen LogP contribution in [0.15, 0.2) is 48.5 Å². The number of ether oxygens (including phenoxy) is 2. The van der Waals surface area contributed by atoms with Crippen molar-refractivity contribution >= 4 is 11.8 Å². The van der Waals surface area contributed by atoms with Gasteiger partial charge in [-0.3, -0.25) is 9.59 Å². The molecule has 6 heteroatoms. The molecule has 0 bridgehead atoms. The van der Waals surface area contributed by atoms with Crippen LogP contribution in [-0.2, 0) is 11.2 Å². The second-order valence-electron chi connectivity index (χ2n) is 10.2. The number of hydrogen-bond donors (Lipinski definition) is 0. The molecular formula is C31H42N2O4. The van der Waals surface area contributed by atoms with Gasteiger partial charge in [-0.15, -0.1) is 0 Å². The zero-order chi connectivity index (χ0) is 26.0. The summed E-state index contributed by atoms with van der Waals surface area (Å²) in [6.07, 6.45) is 9.02. The number of hydrogen-bond acceptors (Lipinski definition) is 4. The van der Waals surface area contributed by atoms with Gasteiger partial charge in [0.15, 0.2) is 0 Å². The quantitative estimate of drug-likeness (QED) is 0.508. The summed E-state index contributed by atoms with van der Waals surface area (Å²) >= 11 is 0. The van der Waals surface area contributed by atoms with E-state index in [1.165, 1.54) is 0 Å². The van der Waals surface area contributed by atoms with Gasteiger partial charge in [0, 0.05) is 26.1 Å². The number of fused-ring (bicyclic) bond motifs is 2. The van der Waals surface area contributed by atoms with Gasteiger partial charge in [-0.25, -0.2) is 0 Å². The maximum absolute atomic E-state index is 13.7. The molecule has 0 N–H and O–H groups in total. The molecule has 2 aromatic carbocycles. The number of aryl methyl sites for hydroxylation is 1. The molecule has 2 aromatic rings. The van der Waals surface area contributed by atoms with E-state index in [0.717, 1.165) is 75.8 Å². The SMILES string of the molecule is CCN1CCCCCCN(C(=O)CCc2ccccc2OC)[C@@H]2CCCC[C@@H]2Oc2ccccc2C1=O. The number of methoxy groups -OCH3 is 1. The van der Waals surface area contributed by atoms with Gasteiger partial charge in [0.25, 0.3) is 5.91 Å². The maximum Gasteiger partial charge on any atom is 0.257 e. The van der Waals surface area contributed by atoms with Crippen molar-refractivity contribution in [2.45, 2.75) is 83.3 Å². The lowest BCUT2D eigenvalue weighted by atomic mass is 9.90. The first-order chi connectivity index (χ1) is 18.1. The van der Waals surface area contributed by atoms with Gasteiger partial charge >= 0.3 is 0 Å². The Labute approximate surface area is 221 Å². The number of carbonyl (C=O) groups excluding carboxylic acids is 2. The summed E-state index contributed by atoms with van der Waals surface area (Å²) in [5.74, 6) is 1.69. The van der Waals surface area contributed by atoms with E-state index in [0.29, 0.717) is 30.7 Å². The summed E-state index contributed by atoms with van der Waals surface area (Å²) in [4.78, 5) is 31.2. The largest absolute Gasteiger partial charge is 0.496 e. The molecule has 0 unspecified atom stereocenters. The zero-order valence-electron chi connectivity index (χ0n) is 22.5. The van der Waals surface area contributed by atoms with Gasteiger partial charge in [-0.05, 0) is 69.2 Å². The van der Waals surface area contributed by atoms with Crippen molar-refractivity contribution < 1.29 is 19.1 Å². The van der Waals surface area contributed by atoms with Crippen molar-refractivity contribution in [1.29, 1.82) is 0 Å². The Morgan fingerprint density at radius 1 is 0.946 bits per heavy atom. The van der Waals surface area contributed by atoms with Gasteiger partial charge in [0.05, 0.1) is 18.7 Å². The van der Waals surface area contributed by atoms with Gasteiger partial charge in [-0.2, -0.15) is 0 Å². The van der Waals surface area contributed by atoms with E-state index in [1.54, 1.807) is 7.11 Å². The molecule has 37 heavy (non-hydrogen) atoms. The number of benzene rings is 2. The third-order valence-electron chi connectivity index (χ3n) is 7.83. The van der Waals surface area contributed by atoms with Crippen LogP contribution in [0.25, 0.3) is 0 Å². The molecule has 1 aliphatic carbocycles. The molecule has 2 atom stereocenters. The first-order valence-corrected chi connectivity index (χ1v) is 14.1. The van der Waals surface area contributed by atoms with Gasteiger partial charge < -0.3 is 19.3 Å². The third kappa shape index (κ3) is 6.85. The highest BCUT2D eigenvalue weighted by atomic mass is 16.5. The Kier molecular flexibility index (Phi) is 9.86. The van der Waals surface area contributed by atoms with Crippen LogP contribution >= 0.6 is 0 Å². The van der Waals surface area contributed by atoms with E-state index in [-0.39, 0.29) is 24.0 Å². The van der Waals surface area contributed by atoms with Gasteiger partial charge in [-0.1, -0.05) is 49.6 Å². The van der Waals surface area contributed by atoms with Gasteiger partial charge in [0.2, 0.25) is 5.91 Å². The fraction of sp³-hybridized carbons (Fsp3) is 0.548. The van der Waals surface area contributed by atoms with E-state index >= 15 is 0 Å². The highest BCUT2D eigenvalue weighted by Crippen LogP contribution is 2.31. The van der Waals surface area contributed by atoms with Crippen LogP contribution in [0.5, 0.6) is 11.5 Å². The molecule has 6 nitrogen and oxygen atoms in total. The molecule has 0 aromatic heterocycles. The van der Waals surface area contributed by atoms with Crippen LogP contribution in [0.2, 0.25) is 0 Å². The number of rotatable bonds is 5. The molecule has 1 heterocycles. The average Bonchev–Trinajstić information content (AvgIpc) is 2.93. The minimum Gasteiger partial charge on any atom is -0.496 e. The Morgan fingerprint density at radius 2 is 1.68 bits per heavy atom. The van der Waals surface area contributed by atoms with Crippen molar-refractivity contribution in [1.82, 2.24) is 9.80 Å². The van der Waals surface area contributed by atoms with Crippen molar-refractivity contribution in [3.8, 4) is 11.5 Å². The van der Waals surface area contributed by atoms with Crippen molar-refractivity contribution in [3.05, 3.63) is 59.7 Å². The molecule has 1 saturated carbocycles. The lowest BCUT2D eigenvalue weighted by molar-refractivity contribution is -0.136. The number of carbonyl (C=O) groups is 2. The standard InChI is InChI=1S/C31H42N2O4/c1-3-32-22-12-4-5-13-23-33(30(34)21-20-24-14-6-9-17-27(24)36-2)26-16-8-11-19-29(26)37-28-18-10-7-15-25(28)31(32)35/h6-7,9-10,14-15,17-18,26,29H,3-5,8,11-13,16,19-23H2,1-2H3/t26-,29+/m1/s1. The van der Waals surface area contributed by atoms with E-state index in [2.05, 4.69) is 4.90 Å². The average molecular weight is 507 g/mol. The summed E-state index contributed by atoms with van der Waals surface area (Å²) in [7, 11) is 1.67. The van der Waals surface area contributed by atoms with E-state index in [1.807, 2.05) is 60.4 Å². The molecule has 4 rings (SSSR count). The lowest BCUT2D eigenvalue weighted by Gasteiger charge is -2.40. The summed E-state index contributed by atoms with van der Waals surface area (Å²) in [5, 5.41) is 0. The Balaban J connectivity index is 1.58. The fourth-order valence-electron chi connectivity index (χ4n) is 5.76. The monoisotopic (exact) mass is 506 g/mol. The molecule has 0 saturated heterocycles. The zero-order valence-corrected chi connectivity index (χ0v) is 22.5. The number of nitrogens with zero attached hydrogens (tertiary/aromatic N) is 2. The normalized spacial score (nSPS) is 21.3. The Morgan fingerprint density at radius 3 is 2.49 bits per heavy atom. The van der Waals surface area contributed by atoms with Crippen LogP contribution < -0.4 is 9.47 Å². The molecule has 2 aliphatic rings. The molecule has 0 spiro atoms. The van der Waals surface area contributed by atoms with Crippen LogP contribution in [0.1, 0.15) is 80.6 Å². The minimum atomic E-state index is -0.115. The summed E-state index contributed by atoms with van der Waals surface area (Å²) in [5.41, 5.74) is 1.68. The van der Waals surface area contributed by atoms with Crippen LogP contribution in [0.4, 0.5) is 0 Å². The number of para-hydroxylation sites is 2. The lowest BCUT2D eigenvalue weighted by Crippen LogP contribution is -2.51. The predicted octanol–water partition coefficient (Wildman–Crippen LogP) is 5.88. The third-order valence-corrected chi connectivity index (χ3v) is 7.83.